The number of hydrogen-bond acceptors (Lipinski definition) is 2. The first kappa shape index (κ1) is 25.4. The lowest BCUT2D eigenvalue weighted by atomic mass is 10.0. The number of alkyl halides is 3. The molecular formula is C26H32F3N3. The molecule has 32 heavy (non-hydrogen) atoms. The third-order valence-corrected chi connectivity index (χ3v) is 4.97. The van der Waals surface area contributed by atoms with Crippen LogP contribution >= 0.6 is 0 Å². The summed E-state index contributed by atoms with van der Waals surface area (Å²) in [6.07, 6.45) is 5.41. The molecule has 0 radical (unpaired) electrons. The molecule has 172 valence electrons. The number of halogens is 3. The van der Waals surface area contributed by atoms with Gasteiger partial charge >= 0.3 is 6.18 Å². The van der Waals surface area contributed by atoms with Crippen LogP contribution in [0.25, 0.3) is 11.8 Å². The number of allylic oxidation sites excluding steroid dienone is 3. The van der Waals surface area contributed by atoms with Gasteiger partial charge < -0.3 is 4.57 Å². The van der Waals surface area contributed by atoms with Crippen LogP contribution in [-0.4, -0.2) is 21.4 Å². The molecule has 0 spiro atoms. The number of aryl methyl sites for hydroxylation is 1. The van der Waals surface area contributed by atoms with E-state index in [0.717, 1.165) is 52.3 Å². The van der Waals surface area contributed by atoms with E-state index < -0.39 is 12.6 Å². The number of benzene rings is 1. The lowest BCUT2D eigenvalue weighted by Crippen LogP contribution is -2.06. The first-order valence-corrected chi connectivity index (χ1v) is 10.9. The number of rotatable bonds is 11. The van der Waals surface area contributed by atoms with Gasteiger partial charge in [-0.1, -0.05) is 43.7 Å². The molecule has 6 heteroatoms. The molecular weight excluding hydrogens is 411 g/mol. The summed E-state index contributed by atoms with van der Waals surface area (Å²) in [6.45, 7) is 13.9. The van der Waals surface area contributed by atoms with Crippen molar-refractivity contribution in [2.45, 2.75) is 65.5 Å². The van der Waals surface area contributed by atoms with Gasteiger partial charge in [-0.15, -0.1) is 0 Å². The summed E-state index contributed by atoms with van der Waals surface area (Å²) in [6, 6.07) is 5.84. The molecule has 2 aromatic rings. The number of nitrogens with zero attached hydrogens (tertiary/aromatic N) is 3. The Morgan fingerprint density at radius 2 is 2.00 bits per heavy atom. The molecule has 0 aliphatic heterocycles. The molecule has 0 aliphatic carbocycles. The molecule has 3 nitrogen and oxygen atoms in total. The Labute approximate surface area is 189 Å². The third kappa shape index (κ3) is 8.33. The fourth-order valence-corrected chi connectivity index (χ4v) is 3.47. The standard InChI is InChI=1S/C26H32F3N3/c1-6-9-19(3)14-24(15-20(4)10-8-13-26(27,28)29)31-23-11-12-25(22(7-2)16-23)32-17-21(5)30-18-32/h7,11-12,15-18H,2-3,6,8-10,13-14H2,1,4-5H3/b20-15+,31-24-. The SMILES string of the molecule is C=Cc1cc(/N=C(\C=C(/C)CCCC(F)(F)F)CC(=C)CCC)ccc1-n1cnc(C)c1. The van der Waals surface area contributed by atoms with Crippen molar-refractivity contribution in [3.63, 3.8) is 0 Å². The summed E-state index contributed by atoms with van der Waals surface area (Å²) in [4.78, 5) is 9.09. The van der Waals surface area contributed by atoms with Crippen molar-refractivity contribution in [1.29, 1.82) is 0 Å². The van der Waals surface area contributed by atoms with E-state index >= 15 is 0 Å². The second-order valence-corrected chi connectivity index (χ2v) is 8.11. The fraction of sp³-hybridized carbons (Fsp3) is 0.385. The van der Waals surface area contributed by atoms with Gasteiger partial charge in [0.25, 0.3) is 0 Å². The summed E-state index contributed by atoms with van der Waals surface area (Å²) < 4.78 is 39.4. The highest BCUT2D eigenvalue weighted by molar-refractivity contribution is 5.98. The van der Waals surface area contributed by atoms with Crippen molar-refractivity contribution >= 4 is 17.5 Å². The van der Waals surface area contributed by atoms with E-state index in [2.05, 4.69) is 25.1 Å². The van der Waals surface area contributed by atoms with E-state index in [0.29, 0.717) is 12.8 Å². The average Bonchev–Trinajstić information content (AvgIpc) is 3.13. The summed E-state index contributed by atoms with van der Waals surface area (Å²) in [5.74, 6) is 0. The molecule has 0 unspecified atom stereocenters. The smallest absolute Gasteiger partial charge is 0.305 e. The molecule has 2 rings (SSSR count). The highest BCUT2D eigenvalue weighted by Crippen LogP contribution is 2.26. The lowest BCUT2D eigenvalue weighted by Gasteiger charge is -2.11. The Balaban J connectivity index is 2.31. The zero-order chi connectivity index (χ0) is 23.7. The summed E-state index contributed by atoms with van der Waals surface area (Å²) in [5, 5.41) is 0. The maximum absolute atomic E-state index is 12.5. The van der Waals surface area contributed by atoms with E-state index in [1.807, 2.05) is 48.9 Å². The first-order valence-electron chi connectivity index (χ1n) is 10.9. The second kappa shape index (κ2) is 11.7. The molecule has 0 fully saturated rings. The molecule has 0 atom stereocenters. The Kier molecular flexibility index (Phi) is 9.24. The molecule has 1 aromatic heterocycles. The molecule has 0 saturated carbocycles. The summed E-state index contributed by atoms with van der Waals surface area (Å²) in [7, 11) is 0. The van der Waals surface area contributed by atoms with E-state index in [1.165, 1.54) is 0 Å². The fourth-order valence-electron chi connectivity index (χ4n) is 3.47. The monoisotopic (exact) mass is 443 g/mol. The molecule has 0 N–H and O–H groups in total. The molecule has 0 aliphatic rings. The number of imidazole rings is 1. The highest BCUT2D eigenvalue weighted by Gasteiger charge is 2.25. The summed E-state index contributed by atoms with van der Waals surface area (Å²) >= 11 is 0. The van der Waals surface area contributed by atoms with E-state index in [-0.39, 0.29) is 6.42 Å². The van der Waals surface area contributed by atoms with Crippen molar-refractivity contribution < 1.29 is 13.2 Å². The van der Waals surface area contributed by atoms with Gasteiger partial charge in [0.05, 0.1) is 23.4 Å². The third-order valence-electron chi connectivity index (χ3n) is 4.97. The number of aliphatic imine (C=N–C) groups is 1. The van der Waals surface area contributed by atoms with Gasteiger partial charge in [0.2, 0.25) is 0 Å². The minimum Gasteiger partial charge on any atom is -0.305 e. The van der Waals surface area contributed by atoms with E-state index in [1.54, 1.807) is 12.4 Å². The molecule has 0 saturated heterocycles. The van der Waals surface area contributed by atoms with Crippen LogP contribution in [0.1, 0.15) is 63.6 Å². The van der Waals surface area contributed by atoms with Gasteiger partial charge in [-0.2, -0.15) is 13.2 Å². The quantitative estimate of drug-likeness (QED) is 0.254. The zero-order valence-corrected chi connectivity index (χ0v) is 19.2. The highest BCUT2D eigenvalue weighted by atomic mass is 19.4. The number of aromatic nitrogens is 2. The predicted octanol–water partition coefficient (Wildman–Crippen LogP) is 8.32. The molecule has 0 bridgehead atoms. The minimum atomic E-state index is -4.12. The van der Waals surface area contributed by atoms with Crippen molar-refractivity contribution in [2.75, 3.05) is 0 Å². The van der Waals surface area contributed by atoms with Crippen molar-refractivity contribution in [1.82, 2.24) is 9.55 Å². The van der Waals surface area contributed by atoms with Crippen LogP contribution in [0.4, 0.5) is 18.9 Å². The van der Waals surface area contributed by atoms with Gasteiger partial charge in [-0.05, 0) is 57.4 Å². The van der Waals surface area contributed by atoms with Gasteiger partial charge in [0.1, 0.15) is 0 Å². The van der Waals surface area contributed by atoms with Crippen LogP contribution in [0.5, 0.6) is 0 Å². The van der Waals surface area contributed by atoms with Crippen LogP contribution in [0.15, 0.2) is 66.1 Å². The van der Waals surface area contributed by atoms with Crippen molar-refractivity contribution in [3.8, 4) is 5.69 Å². The minimum absolute atomic E-state index is 0.0780. The Morgan fingerprint density at radius 3 is 2.59 bits per heavy atom. The molecule has 1 heterocycles. The van der Waals surface area contributed by atoms with Gasteiger partial charge in [-0.25, -0.2) is 4.98 Å². The maximum atomic E-state index is 12.5. The Hall–Kier alpha value is -2.89. The van der Waals surface area contributed by atoms with E-state index in [4.69, 9.17) is 4.99 Å². The van der Waals surface area contributed by atoms with Crippen LogP contribution in [0.2, 0.25) is 0 Å². The van der Waals surface area contributed by atoms with Gasteiger partial charge in [0.15, 0.2) is 0 Å². The predicted molar refractivity (Wildman–Crippen MR) is 128 cm³/mol. The summed E-state index contributed by atoms with van der Waals surface area (Å²) in [5.41, 5.74) is 6.29. The largest absolute Gasteiger partial charge is 0.389 e. The number of hydrogen-bond donors (Lipinski definition) is 0. The Morgan fingerprint density at radius 1 is 1.25 bits per heavy atom. The van der Waals surface area contributed by atoms with Crippen molar-refractivity contribution in [2.24, 2.45) is 4.99 Å². The van der Waals surface area contributed by atoms with Gasteiger partial charge in [0, 0.05) is 30.3 Å². The topological polar surface area (TPSA) is 30.2 Å². The van der Waals surface area contributed by atoms with Crippen LogP contribution in [-0.2, 0) is 0 Å². The normalized spacial score (nSPS) is 12.8. The first-order chi connectivity index (χ1) is 15.1. The van der Waals surface area contributed by atoms with Crippen LogP contribution in [0.3, 0.4) is 0 Å². The lowest BCUT2D eigenvalue weighted by molar-refractivity contribution is -0.135. The van der Waals surface area contributed by atoms with Crippen molar-refractivity contribution in [3.05, 3.63) is 72.4 Å². The molecule has 1 aromatic carbocycles. The second-order valence-electron chi connectivity index (χ2n) is 8.11. The van der Waals surface area contributed by atoms with E-state index in [9.17, 15) is 13.2 Å². The van der Waals surface area contributed by atoms with Gasteiger partial charge in [-0.3, -0.25) is 4.99 Å². The van der Waals surface area contributed by atoms with Crippen LogP contribution < -0.4 is 0 Å². The zero-order valence-electron chi connectivity index (χ0n) is 19.2. The Bertz CT molecular complexity index is 994. The molecule has 0 amide bonds. The maximum Gasteiger partial charge on any atom is 0.389 e. The van der Waals surface area contributed by atoms with Crippen LogP contribution in [0, 0.1) is 6.92 Å². The average molecular weight is 444 g/mol.